The van der Waals surface area contributed by atoms with Crippen LogP contribution in [-0.4, -0.2) is 16.1 Å². The second kappa shape index (κ2) is 4.77. The Balaban J connectivity index is 1.79. The maximum absolute atomic E-state index is 11.7. The number of rotatable bonds is 3. The van der Waals surface area contributed by atoms with Gasteiger partial charge in [0.25, 0.3) is 0 Å². The van der Waals surface area contributed by atoms with E-state index in [2.05, 4.69) is 27.7 Å². The van der Waals surface area contributed by atoms with Crippen molar-refractivity contribution in [3.05, 3.63) is 30.1 Å². The zero-order valence-corrected chi connectivity index (χ0v) is 8.57. The molecule has 0 fully saturated rings. The van der Waals surface area contributed by atoms with Gasteiger partial charge in [0.05, 0.1) is 6.20 Å². The van der Waals surface area contributed by atoms with Crippen molar-refractivity contribution >= 4 is 5.91 Å². The summed E-state index contributed by atoms with van der Waals surface area (Å²) in [7, 11) is 0. The van der Waals surface area contributed by atoms with Crippen LogP contribution in [0.4, 0.5) is 0 Å². The van der Waals surface area contributed by atoms with Gasteiger partial charge in [-0.25, -0.2) is 0 Å². The molecule has 0 bridgehead atoms. The fourth-order valence-corrected chi connectivity index (χ4v) is 1.74. The lowest BCUT2D eigenvalue weighted by atomic mass is 9.94. The normalized spacial score (nSPS) is 20.1. The molecule has 2 N–H and O–H groups in total. The molecule has 1 heterocycles. The van der Waals surface area contributed by atoms with E-state index in [1.54, 1.807) is 12.4 Å². The Morgan fingerprint density at radius 1 is 1.60 bits per heavy atom. The van der Waals surface area contributed by atoms with Gasteiger partial charge < -0.3 is 5.32 Å². The largest absolute Gasteiger partial charge is 0.352 e. The van der Waals surface area contributed by atoms with E-state index in [4.69, 9.17) is 0 Å². The molecule has 0 aliphatic heterocycles. The number of nitrogens with one attached hydrogen (secondary N) is 2. The first-order valence-corrected chi connectivity index (χ1v) is 5.26. The first kappa shape index (κ1) is 9.96. The summed E-state index contributed by atoms with van der Waals surface area (Å²) in [5, 5.41) is 9.47. The molecule has 0 aromatic carbocycles. The zero-order valence-electron chi connectivity index (χ0n) is 8.57. The van der Waals surface area contributed by atoms with E-state index in [0.717, 1.165) is 24.8 Å². The van der Waals surface area contributed by atoms with Crippen LogP contribution >= 0.6 is 0 Å². The molecule has 0 spiro atoms. The summed E-state index contributed by atoms with van der Waals surface area (Å²) in [6.45, 7) is 0.565. The standard InChI is InChI=1S/C11H15N3O/c15-11(10-4-2-1-3-5-10)12-6-9-7-13-14-8-9/h1-2,7-8,10H,3-6H2,(H,12,15)(H,13,14). The van der Waals surface area contributed by atoms with Crippen LogP contribution in [0.15, 0.2) is 24.5 Å². The van der Waals surface area contributed by atoms with E-state index in [1.807, 2.05) is 0 Å². The van der Waals surface area contributed by atoms with E-state index in [9.17, 15) is 4.79 Å². The highest BCUT2D eigenvalue weighted by molar-refractivity contribution is 5.78. The number of carbonyl (C=O) groups excluding carboxylic acids is 1. The molecule has 80 valence electrons. The predicted molar refractivity (Wildman–Crippen MR) is 56.9 cm³/mol. The van der Waals surface area contributed by atoms with Gasteiger partial charge in [-0.3, -0.25) is 9.89 Å². The minimum Gasteiger partial charge on any atom is -0.352 e. The monoisotopic (exact) mass is 205 g/mol. The molecule has 4 heteroatoms. The van der Waals surface area contributed by atoms with Gasteiger partial charge in [0.1, 0.15) is 0 Å². The van der Waals surface area contributed by atoms with Crippen LogP contribution in [0.25, 0.3) is 0 Å². The van der Waals surface area contributed by atoms with Crippen LogP contribution in [0, 0.1) is 5.92 Å². The minimum absolute atomic E-state index is 0.153. The van der Waals surface area contributed by atoms with Gasteiger partial charge in [0.2, 0.25) is 5.91 Å². The van der Waals surface area contributed by atoms with E-state index in [0.29, 0.717) is 6.54 Å². The number of aromatic amines is 1. The Kier molecular flexibility index (Phi) is 3.17. The molecule has 1 aliphatic rings. The summed E-state index contributed by atoms with van der Waals surface area (Å²) in [4.78, 5) is 11.7. The Morgan fingerprint density at radius 3 is 3.20 bits per heavy atom. The van der Waals surface area contributed by atoms with Crippen LogP contribution in [0.2, 0.25) is 0 Å². The van der Waals surface area contributed by atoms with Crippen molar-refractivity contribution in [3.63, 3.8) is 0 Å². The fourth-order valence-electron chi connectivity index (χ4n) is 1.74. The van der Waals surface area contributed by atoms with Crippen molar-refractivity contribution in [1.29, 1.82) is 0 Å². The Bertz CT molecular complexity index is 343. The van der Waals surface area contributed by atoms with Crippen molar-refractivity contribution in [2.45, 2.75) is 25.8 Å². The molecule has 2 rings (SSSR count). The van der Waals surface area contributed by atoms with Crippen molar-refractivity contribution in [2.24, 2.45) is 5.92 Å². The maximum Gasteiger partial charge on any atom is 0.223 e. The summed E-state index contributed by atoms with van der Waals surface area (Å²) >= 11 is 0. The molecule has 0 radical (unpaired) electrons. The molecule has 1 atom stereocenters. The van der Waals surface area contributed by atoms with Gasteiger partial charge >= 0.3 is 0 Å². The average Bonchev–Trinajstić information content (AvgIpc) is 2.80. The highest BCUT2D eigenvalue weighted by Crippen LogP contribution is 2.18. The van der Waals surface area contributed by atoms with Gasteiger partial charge in [-0.1, -0.05) is 12.2 Å². The van der Waals surface area contributed by atoms with E-state index >= 15 is 0 Å². The molecular formula is C11H15N3O. The van der Waals surface area contributed by atoms with Gasteiger partial charge in [-0.15, -0.1) is 0 Å². The molecule has 1 amide bonds. The number of hydrogen-bond donors (Lipinski definition) is 2. The van der Waals surface area contributed by atoms with Gasteiger partial charge in [-0.2, -0.15) is 5.10 Å². The molecule has 1 aliphatic carbocycles. The number of H-pyrrole nitrogens is 1. The lowest BCUT2D eigenvalue weighted by molar-refractivity contribution is -0.125. The Hall–Kier alpha value is -1.58. The second-order valence-corrected chi connectivity index (χ2v) is 3.81. The third-order valence-corrected chi connectivity index (χ3v) is 2.66. The summed E-state index contributed by atoms with van der Waals surface area (Å²) in [5.74, 6) is 0.308. The van der Waals surface area contributed by atoms with Gasteiger partial charge in [-0.05, 0) is 19.3 Å². The summed E-state index contributed by atoms with van der Waals surface area (Å²) in [5.41, 5.74) is 1.01. The molecule has 15 heavy (non-hydrogen) atoms. The zero-order chi connectivity index (χ0) is 10.5. The van der Waals surface area contributed by atoms with Crippen LogP contribution in [0.3, 0.4) is 0 Å². The topological polar surface area (TPSA) is 57.8 Å². The second-order valence-electron chi connectivity index (χ2n) is 3.81. The van der Waals surface area contributed by atoms with Crippen molar-refractivity contribution in [2.75, 3.05) is 0 Å². The molecule has 1 aromatic rings. The van der Waals surface area contributed by atoms with Crippen molar-refractivity contribution in [3.8, 4) is 0 Å². The molecule has 1 aromatic heterocycles. The molecule has 4 nitrogen and oxygen atoms in total. The molecule has 0 saturated heterocycles. The van der Waals surface area contributed by atoms with Crippen molar-refractivity contribution in [1.82, 2.24) is 15.5 Å². The predicted octanol–water partition coefficient (Wildman–Crippen LogP) is 1.38. The number of aromatic nitrogens is 2. The first-order chi connectivity index (χ1) is 7.36. The third-order valence-electron chi connectivity index (χ3n) is 2.66. The first-order valence-electron chi connectivity index (χ1n) is 5.26. The fraction of sp³-hybridized carbons (Fsp3) is 0.455. The lowest BCUT2D eigenvalue weighted by Gasteiger charge is -2.16. The molecular weight excluding hydrogens is 190 g/mol. The third kappa shape index (κ3) is 2.68. The number of carbonyl (C=O) groups is 1. The van der Waals surface area contributed by atoms with Gasteiger partial charge in [0, 0.05) is 24.2 Å². The smallest absolute Gasteiger partial charge is 0.223 e. The number of hydrogen-bond acceptors (Lipinski definition) is 2. The van der Waals surface area contributed by atoms with E-state index in [1.165, 1.54) is 0 Å². The van der Waals surface area contributed by atoms with Crippen molar-refractivity contribution < 1.29 is 4.79 Å². The average molecular weight is 205 g/mol. The minimum atomic E-state index is 0.153. The summed E-state index contributed by atoms with van der Waals surface area (Å²) in [6.07, 6.45) is 10.6. The quantitative estimate of drug-likeness (QED) is 0.732. The summed E-state index contributed by atoms with van der Waals surface area (Å²) in [6, 6.07) is 0. The highest BCUT2D eigenvalue weighted by Gasteiger charge is 2.17. The lowest BCUT2D eigenvalue weighted by Crippen LogP contribution is -2.30. The highest BCUT2D eigenvalue weighted by atomic mass is 16.1. The van der Waals surface area contributed by atoms with E-state index < -0.39 is 0 Å². The van der Waals surface area contributed by atoms with Crippen LogP contribution in [-0.2, 0) is 11.3 Å². The van der Waals surface area contributed by atoms with Gasteiger partial charge in [0.15, 0.2) is 0 Å². The maximum atomic E-state index is 11.7. The van der Waals surface area contributed by atoms with Crippen LogP contribution in [0.1, 0.15) is 24.8 Å². The number of amides is 1. The van der Waals surface area contributed by atoms with E-state index in [-0.39, 0.29) is 11.8 Å². The molecule has 0 saturated carbocycles. The Labute approximate surface area is 88.8 Å². The summed E-state index contributed by atoms with van der Waals surface area (Å²) < 4.78 is 0. The van der Waals surface area contributed by atoms with Crippen LogP contribution in [0.5, 0.6) is 0 Å². The SMILES string of the molecule is O=C(NCc1cn[nH]c1)C1CC=CCC1. The number of allylic oxidation sites excluding steroid dienone is 2. The Morgan fingerprint density at radius 2 is 2.53 bits per heavy atom. The van der Waals surface area contributed by atoms with Crippen LogP contribution < -0.4 is 5.32 Å². The molecule has 1 unspecified atom stereocenters. The number of nitrogens with zero attached hydrogens (tertiary/aromatic N) is 1.